The minimum absolute atomic E-state index is 0.153. The van der Waals surface area contributed by atoms with Crippen LogP contribution in [-0.2, 0) is 4.57 Å². The summed E-state index contributed by atoms with van der Waals surface area (Å²) in [4.78, 5) is 19.5. The maximum atomic E-state index is 11.4. The molecule has 92 valence electrons. The minimum Gasteiger partial charge on any atom is -0.443 e. The smallest absolute Gasteiger partial charge is 0.280 e. The van der Waals surface area contributed by atoms with Crippen LogP contribution in [0.25, 0.3) is 0 Å². The third kappa shape index (κ3) is 3.84. The normalized spacial score (nSPS) is 10.9. The van der Waals surface area contributed by atoms with Gasteiger partial charge in [-0.05, 0) is 0 Å². The Morgan fingerprint density at radius 1 is 1.06 bits per heavy atom. The lowest BCUT2D eigenvalue weighted by molar-refractivity contribution is -0.394. The van der Waals surface area contributed by atoms with Gasteiger partial charge in [0.25, 0.3) is 11.4 Å². The first-order valence-corrected chi connectivity index (χ1v) is 6.89. The molecule has 0 aliphatic rings. The summed E-state index contributed by atoms with van der Waals surface area (Å²) in [6.45, 7) is 2.61. The van der Waals surface area contributed by atoms with Crippen LogP contribution in [0.5, 0.6) is 5.75 Å². The lowest BCUT2D eigenvalue weighted by atomic mass is 10.2. The van der Waals surface area contributed by atoms with E-state index < -0.39 is 28.6 Å². The average molecular weight is 260 g/mol. The molecule has 1 aromatic rings. The molecule has 8 nitrogen and oxygen atoms in total. The van der Waals surface area contributed by atoms with Crippen LogP contribution >= 0.6 is 7.37 Å². The first kappa shape index (κ1) is 13.1. The Kier molecular flexibility index (Phi) is 3.47. The fourth-order valence-corrected chi connectivity index (χ4v) is 1.70. The molecule has 0 fully saturated rings. The molecule has 1 aromatic carbocycles. The Morgan fingerprint density at radius 3 is 1.76 bits per heavy atom. The highest BCUT2D eigenvalue weighted by Gasteiger charge is 2.19. The van der Waals surface area contributed by atoms with Crippen LogP contribution in [0.4, 0.5) is 11.4 Å². The maximum Gasteiger partial charge on any atom is 0.280 e. The fourth-order valence-electron chi connectivity index (χ4n) is 1.09. The lowest BCUT2D eigenvalue weighted by Gasteiger charge is -2.09. The molecule has 0 unspecified atom stereocenters. The van der Waals surface area contributed by atoms with Gasteiger partial charge in [0.2, 0.25) is 7.37 Å². The van der Waals surface area contributed by atoms with Crippen LogP contribution in [0.15, 0.2) is 18.2 Å². The number of hydrogen-bond acceptors (Lipinski definition) is 6. The van der Waals surface area contributed by atoms with Gasteiger partial charge in [0, 0.05) is 13.3 Å². The van der Waals surface area contributed by atoms with Crippen molar-refractivity contribution in [2.45, 2.75) is 0 Å². The van der Waals surface area contributed by atoms with Crippen molar-refractivity contribution < 1.29 is 18.9 Å². The zero-order valence-corrected chi connectivity index (χ0v) is 9.92. The Morgan fingerprint density at radius 2 is 1.47 bits per heavy atom. The van der Waals surface area contributed by atoms with Gasteiger partial charge in [0.05, 0.1) is 28.0 Å². The Bertz CT molecular complexity index is 490. The van der Waals surface area contributed by atoms with Gasteiger partial charge in [0.1, 0.15) is 5.75 Å². The number of benzene rings is 1. The second-order valence-corrected chi connectivity index (χ2v) is 6.23. The zero-order valence-electron chi connectivity index (χ0n) is 9.02. The molecule has 0 radical (unpaired) electrons. The molecule has 0 aliphatic carbocycles. The first-order chi connectivity index (χ1) is 7.69. The van der Waals surface area contributed by atoms with E-state index in [1.807, 2.05) is 0 Å². The van der Waals surface area contributed by atoms with Crippen molar-refractivity contribution in [2.24, 2.45) is 0 Å². The molecular weight excluding hydrogens is 251 g/mol. The number of nitrogens with zero attached hydrogens (tertiary/aromatic N) is 2. The Labute approximate surface area is 96.0 Å². The van der Waals surface area contributed by atoms with Crippen LogP contribution in [-0.4, -0.2) is 23.2 Å². The predicted octanol–water partition coefficient (Wildman–Crippen LogP) is 2.42. The first-order valence-electron chi connectivity index (χ1n) is 4.37. The third-order valence-corrected chi connectivity index (χ3v) is 2.27. The zero-order chi connectivity index (χ0) is 13.2. The molecule has 0 saturated carbocycles. The third-order valence-electron chi connectivity index (χ3n) is 1.62. The highest BCUT2D eigenvalue weighted by atomic mass is 31.2. The quantitative estimate of drug-likeness (QED) is 0.466. The van der Waals surface area contributed by atoms with Gasteiger partial charge in [-0.15, -0.1) is 0 Å². The topological polar surface area (TPSA) is 113 Å². The van der Waals surface area contributed by atoms with E-state index in [4.69, 9.17) is 4.52 Å². The number of rotatable bonds is 4. The van der Waals surface area contributed by atoms with Gasteiger partial charge in [-0.3, -0.25) is 24.8 Å². The van der Waals surface area contributed by atoms with Crippen molar-refractivity contribution in [2.75, 3.05) is 13.3 Å². The number of non-ortho nitro benzene ring substituents is 2. The minimum atomic E-state index is -2.93. The van der Waals surface area contributed by atoms with Crippen LogP contribution in [0, 0.1) is 20.2 Å². The molecular formula is C8H9N2O6P. The molecule has 0 saturated heterocycles. The molecule has 0 N–H and O–H groups in total. The second kappa shape index (κ2) is 4.50. The van der Waals surface area contributed by atoms with Crippen molar-refractivity contribution in [3.63, 3.8) is 0 Å². The summed E-state index contributed by atoms with van der Waals surface area (Å²) < 4.78 is 16.3. The molecule has 0 amide bonds. The van der Waals surface area contributed by atoms with Crippen molar-refractivity contribution in [1.82, 2.24) is 0 Å². The van der Waals surface area contributed by atoms with Gasteiger partial charge in [0.15, 0.2) is 0 Å². The highest BCUT2D eigenvalue weighted by molar-refractivity contribution is 7.57. The van der Waals surface area contributed by atoms with Gasteiger partial charge in [-0.1, -0.05) is 0 Å². The van der Waals surface area contributed by atoms with E-state index in [9.17, 15) is 24.8 Å². The average Bonchev–Trinajstić information content (AvgIpc) is 2.14. The monoisotopic (exact) mass is 260 g/mol. The van der Waals surface area contributed by atoms with Crippen molar-refractivity contribution >= 4 is 18.7 Å². The van der Waals surface area contributed by atoms with E-state index >= 15 is 0 Å². The molecule has 0 atom stereocenters. The molecule has 17 heavy (non-hydrogen) atoms. The number of hydrogen-bond donors (Lipinski definition) is 0. The van der Waals surface area contributed by atoms with E-state index in [1.165, 1.54) is 13.3 Å². The lowest BCUT2D eigenvalue weighted by Crippen LogP contribution is -1.95. The second-order valence-electron chi connectivity index (χ2n) is 3.54. The molecule has 0 aliphatic heterocycles. The number of nitro groups is 2. The molecule has 0 spiro atoms. The fraction of sp³-hybridized carbons (Fsp3) is 0.250. The van der Waals surface area contributed by atoms with Crippen LogP contribution in [0.3, 0.4) is 0 Å². The number of nitro benzene ring substituents is 2. The van der Waals surface area contributed by atoms with E-state index in [0.29, 0.717) is 0 Å². The van der Waals surface area contributed by atoms with Gasteiger partial charge in [-0.25, -0.2) is 0 Å². The Balaban J connectivity index is 3.26. The summed E-state index contributed by atoms with van der Waals surface area (Å²) in [5.74, 6) is -0.153. The molecule has 0 heterocycles. The van der Waals surface area contributed by atoms with Crippen LogP contribution < -0.4 is 4.52 Å². The molecule has 1 rings (SSSR count). The predicted molar refractivity (Wildman–Crippen MR) is 59.8 cm³/mol. The van der Waals surface area contributed by atoms with E-state index in [2.05, 4.69) is 0 Å². The molecule has 9 heteroatoms. The van der Waals surface area contributed by atoms with E-state index in [-0.39, 0.29) is 5.75 Å². The summed E-state index contributed by atoms with van der Waals surface area (Å²) in [5, 5.41) is 21.1. The standard InChI is InChI=1S/C8H9N2O6P/c1-17(2,15)16-8-4-6(9(11)12)3-7(5-8)10(13)14/h3-5H,1-2H3. The largest absolute Gasteiger partial charge is 0.443 e. The van der Waals surface area contributed by atoms with Crippen LogP contribution in [0.1, 0.15) is 0 Å². The van der Waals surface area contributed by atoms with Gasteiger partial charge in [-0.2, -0.15) is 0 Å². The summed E-state index contributed by atoms with van der Waals surface area (Å²) >= 11 is 0. The van der Waals surface area contributed by atoms with Gasteiger partial charge >= 0.3 is 0 Å². The molecule has 0 bridgehead atoms. The summed E-state index contributed by atoms with van der Waals surface area (Å²) in [5.41, 5.74) is -0.967. The van der Waals surface area contributed by atoms with Crippen molar-refractivity contribution in [1.29, 1.82) is 0 Å². The SMILES string of the molecule is CP(C)(=O)Oc1cc([N+](=O)[O-])cc([N+](=O)[O-])c1. The Hall–Kier alpha value is -1.95. The summed E-state index contributed by atoms with van der Waals surface area (Å²) in [6.07, 6.45) is 0. The summed E-state index contributed by atoms with van der Waals surface area (Å²) in [6, 6.07) is 2.79. The van der Waals surface area contributed by atoms with Crippen molar-refractivity contribution in [3.8, 4) is 5.75 Å². The maximum absolute atomic E-state index is 11.4. The molecule has 0 aromatic heterocycles. The highest BCUT2D eigenvalue weighted by Crippen LogP contribution is 2.40. The van der Waals surface area contributed by atoms with Gasteiger partial charge < -0.3 is 4.52 Å². The summed E-state index contributed by atoms with van der Waals surface area (Å²) in [7, 11) is -2.93. The van der Waals surface area contributed by atoms with E-state index in [0.717, 1.165) is 18.2 Å². The van der Waals surface area contributed by atoms with Crippen LogP contribution in [0.2, 0.25) is 0 Å². The van der Waals surface area contributed by atoms with E-state index in [1.54, 1.807) is 0 Å². The van der Waals surface area contributed by atoms with Crippen molar-refractivity contribution in [3.05, 3.63) is 38.4 Å².